The topological polar surface area (TPSA) is 61.4 Å². The first kappa shape index (κ1) is 16.5. The zero-order valence-electron chi connectivity index (χ0n) is 13.5. The summed E-state index contributed by atoms with van der Waals surface area (Å²) in [6.45, 7) is 1.84. The van der Waals surface area contributed by atoms with Crippen LogP contribution in [0, 0.1) is 0 Å². The molecule has 5 heteroatoms. The van der Waals surface area contributed by atoms with Gasteiger partial charge in [0.05, 0.1) is 6.04 Å². The van der Waals surface area contributed by atoms with Gasteiger partial charge in [-0.3, -0.25) is 9.59 Å². The minimum atomic E-state index is -0.676. The highest BCUT2D eigenvalue weighted by Gasteiger charge is 2.17. The zero-order valence-corrected chi connectivity index (χ0v) is 13.5. The fourth-order valence-electron chi connectivity index (χ4n) is 2.12. The second kappa shape index (κ2) is 7.45. The molecule has 1 atom stereocenters. The van der Waals surface area contributed by atoms with Crippen molar-refractivity contribution in [1.29, 1.82) is 0 Å². The summed E-state index contributed by atoms with van der Waals surface area (Å²) < 4.78 is 0. The number of benzene rings is 2. The molecule has 0 saturated carbocycles. The van der Waals surface area contributed by atoms with Gasteiger partial charge in [-0.25, -0.2) is 0 Å². The van der Waals surface area contributed by atoms with E-state index in [-0.39, 0.29) is 6.04 Å². The monoisotopic (exact) mass is 311 g/mol. The Morgan fingerprint density at radius 2 is 1.52 bits per heavy atom. The van der Waals surface area contributed by atoms with E-state index in [2.05, 4.69) is 10.6 Å². The van der Waals surface area contributed by atoms with Crippen molar-refractivity contribution >= 4 is 23.2 Å². The molecule has 0 aliphatic rings. The summed E-state index contributed by atoms with van der Waals surface area (Å²) in [5.74, 6) is -1.33. The predicted molar refractivity (Wildman–Crippen MR) is 92.4 cm³/mol. The van der Waals surface area contributed by atoms with E-state index in [0.717, 1.165) is 11.3 Å². The second-order valence-electron chi connectivity index (χ2n) is 5.50. The van der Waals surface area contributed by atoms with E-state index in [1.54, 1.807) is 12.1 Å². The quantitative estimate of drug-likeness (QED) is 0.853. The highest BCUT2D eigenvalue weighted by Crippen LogP contribution is 2.16. The molecule has 2 amide bonds. The van der Waals surface area contributed by atoms with Crippen LogP contribution in [0.2, 0.25) is 0 Å². The lowest BCUT2D eigenvalue weighted by atomic mass is 10.1. The molecule has 2 rings (SSSR count). The number of amides is 2. The second-order valence-corrected chi connectivity index (χ2v) is 5.50. The Hall–Kier alpha value is -2.82. The smallest absolute Gasteiger partial charge is 0.313 e. The van der Waals surface area contributed by atoms with E-state index in [1.165, 1.54) is 0 Å². The molecule has 0 saturated heterocycles. The maximum absolute atomic E-state index is 12.0. The van der Waals surface area contributed by atoms with Gasteiger partial charge >= 0.3 is 11.8 Å². The molecule has 0 aliphatic carbocycles. The first-order valence-electron chi connectivity index (χ1n) is 7.41. The number of hydrogen-bond donors (Lipinski definition) is 2. The minimum absolute atomic E-state index is 0.231. The number of rotatable bonds is 4. The number of nitrogens with zero attached hydrogens (tertiary/aromatic N) is 1. The van der Waals surface area contributed by atoms with Crippen LogP contribution < -0.4 is 15.5 Å². The average Bonchev–Trinajstić information content (AvgIpc) is 2.56. The Morgan fingerprint density at radius 3 is 2.09 bits per heavy atom. The third kappa shape index (κ3) is 4.57. The fraction of sp³-hybridized carbons (Fsp3) is 0.222. The molecule has 0 aliphatic heterocycles. The van der Waals surface area contributed by atoms with Crippen molar-refractivity contribution in [2.75, 3.05) is 24.3 Å². The number of carbonyl (C=O) groups is 2. The van der Waals surface area contributed by atoms with Crippen molar-refractivity contribution in [3.05, 3.63) is 60.2 Å². The number of hydrogen-bond acceptors (Lipinski definition) is 3. The molecular weight excluding hydrogens is 290 g/mol. The van der Waals surface area contributed by atoms with Crippen LogP contribution in [0.25, 0.3) is 0 Å². The normalized spacial score (nSPS) is 11.4. The molecule has 23 heavy (non-hydrogen) atoms. The molecule has 0 bridgehead atoms. The Balaban J connectivity index is 1.93. The first-order valence-corrected chi connectivity index (χ1v) is 7.41. The number of carbonyl (C=O) groups excluding carboxylic acids is 2. The van der Waals surface area contributed by atoms with Gasteiger partial charge in [0, 0.05) is 25.5 Å². The summed E-state index contributed by atoms with van der Waals surface area (Å²) in [6.07, 6.45) is 0. The van der Waals surface area contributed by atoms with Gasteiger partial charge in [0.2, 0.25) is 0 Å². The first-order chi connectivity index (χ1) is 11.0. The van der Waals surface area contributed by atoms with Crippen molar-refractivity contribution in [2.24, 2.45) is 0 Å². The van der Waals surface area contributed by atoms with Crippen LogP contribution in [0.3, 0.4) is 0 Å². The Kier molecular flexibility index (Phi) is 5.36. The van der Waals surface area contributed by atoms with Crippen molar-refractivity contribution in [3.8, 4) is 0 Å². The van der Waals surface area contributed by atoms with Crippen LogP contribution in [0.5, 0.6) is 0 Å². The van der Waals surface area contributed by atoms with E-state index in [0.29, 0.717) is 5.69 Å². The number of anilines is 2. The van der Waals surface area contributed by atoms with Crippen molar-refractivity contribution in [3.63, 3.8) is 0 Å². The molecule has 0 spiro atoms. The van der Waals surface area contributed by atoms with Crippen molar-refractivity contribution in [1.82, 2.24) is 5.32 Å². The van der Waals surface area contributed by atoms with Gasteiger partial charge < -0.3 is 15.5 Å². The summed E-state index contributed by atoms with van der Waals surface area (Å²) in [5.41, 5.74) is 2.55. The van der Waals surface area contributed by atoms with E-state index < -0.39 is 11.8 Å². The molecule has 120 valence electrons. The molecule has 0 radical (unpaired) electrons. The Bertz CT molecular complexity index is 666. The van der Waals surface area contributed by atoms with Gasteiger partial charge in [0.1, 0.15) is 0 Å². The maximum atomic E-state index is 12.0. The van der Waals surface area contributed by atoms with Crippen molar-refractivity contribution in [2.45, 2.75) is 13.0 Å². The van der Waals surface area contributed by atoms with Crippen LogP contribution in [0.15, 0.2) is 54.6 Å². The summed E-state index contributed by atoms with van der Waals surface area (Å²) in [4.78, 5) is 25.9. The van der Waals surface area contributed by atoms with Gasteiger partial charge in [0.15, 0.2) is 0 Å². The van der Waals surface area contributed by atoms with Gasteiger partial charge in [-0.2, -0.15) is 0 Å². The Morgan fingerprint density at radius 1 is 0.913 bits per heavy atom. The maximum Gasteiger partial charge on any atom is 0.313 e. The van der Waals surface area contributed by atoms with Gasteiger partial charge in [-0.05, 0) is 36.8 Å². The van der Waals surface area contributed by atoms with Crippen LogP contribution in [0.4, 0.5) is 11.4 Å². The predicted octanol–water partition coefficient (Wildman–Crippen LogP) is 2.57. The highest BCUT2D eigenvalue weighted by molar-refractivity contribution is 6.39. The summed E-state index contributed by atoms with van der Waals surface area (Å²) in [5, 5.41) is 5.28. The van der Waals surface area contributed by atoms with E-state index in [4.69, 9.17) is 0 Å². The van der Waals surface area contributed by atoms with Gasteiger partial charge in [-0.15, -0.1) is 0 Å². The van der Waals surface area contributed by atoms with E-state index in [1.807, 2.05) is 68.4 Å². The lowest BCUT2D eigenvalue weighted by Crippen LogP contribution is -2.36. The zero-order chi connectivity index (χ0) is 16.8. The largest absolute Gasteiger partial charge is 0.378 e. The van der Waals surface area contributed by atoms with Crippen LogP contribution in [0.1, 0.15) is 18.5 Å². The summed E-state index contributed by atoms with van der Waals surface area (Å²) in [7, 11) is 3.87. The molecule has 0 unspecified atom stereocenters. The van der Waals surface area contributed by atoms with Crippen LogP contribution >= 0.6 is 0 Å². The summed E-state index contributed by atoms with van der Waals surface area (Å²) >= 11 is 0. The SMILES string of the molecule is C[C@@H](NC(=O)C(=O)Nc1ccc(N(C)C)cc1)c1ccccc1. The molecular formula is C18H21N3O2. The van der Waals surface area contributed by atoms with Crippen LogP contribution in [-0.4, -0.2) is 25.9 Å². The van der Waals surface area contributed by atoms with Crippen molar-refractivity contribution < 1.29 is 9.59 Å². The van der Waals surface area contributed by atoms with Gasteiger partial charge in [0.25, 0.3) is 0 Å². The fourth-order valence-corrected chi connectivity index (χ4v) is 2.12. The molecule has 2 aromatic carbocycles. The molecule has 0 aromatic heterocycles. The van der Waals surface area contributed by atoms with E-state index >= 15 is 0 Å². The molecule has 2 aromatic rings. The molecule has 5 nitrogen and oxygen atoms in total. The molecule has 2 N–H and O–H groups in total. The highest BCUT2D eigenvalue weighted by atomic mass is 16.2. The average molecular weight is 311 g/mol. The molecule has 0 fully saturated rings. The number of nitrogens with one attached hydrogen (secondary N) is 2. The Labute approximate surface area is 136 Å². The summed E-state index contributed by atoms with van der Waals surface area (Å²) in [6, 6.07) is 16.6. The van der Waals surface area contributed by atoms with Crippen LogP contribution in [-0.2, 0) is 9.59 Å². The lowest BCUT2D eigenvalue weighted by molar-refractivity contribution is -0.136. The lowest BCUT2D eigenvalue weighted by Gasteiger charge is -2.15. The molecule has 0 heterocycles. The third-order valence-corrected chi connectivity index (χ3v) is 3.49. The third-order valence-electron chi connectivity index (χ3n) is 3.49. The minimum Gasteiger partial charge on any atom is -0.378 e. The standard InChI is InChI=1S/C18H21N3O2/c1-13(14-7-5-4-6-8-14)19-17(22)18(23)20-15-9-11-16(12-10-15)21(2)3/h4-13H,1-3H3,(H,19,22)(H,20,23)/t13-/m1/s1. The van der Waals surface area contributed by atoms with Gasteiger partial charge in [-0.1, -0.05) is 30.3 Å². The van der Waals surface area contributed by atoms with E-state index in [9.17, 15) is 9.59 Å².